The first-order valence-corrected chi connectivity index (χ1v) is 11.9. The molecule has 0 bridgehead atoms. The SMILES string of the molecule is N#Cc1ccc(Cl)c(S(=O)(=O)C[C@@H]2CCN(Cc3ccc(OC4CC4)cc3)C2)c1. The highest BCUT2D eigenvalue weighted by Gasteiger charge is 2.29. The summed E-state index contributed by atoms with van der Waals surface area (Å²) in [5.74, 6) is 1.02. The van der Waals surface area contributed by atoms with Crippen LogP contribution in [0.25, 0.3) is 0 Å². The predicted molar refractivity (Wildman–Crippen MR) is 112 cm³/mol. The predicted octanol–water partition coefficient (Wildman–Crippen LogP) is 4.05. The number of sulfone groups is 1. The maximum Gasteiger partial charge on any atom is 0.180 e. The normalized spacial score (nSPS) is 19.8. The Balaban J connectivity index is 1.35. The van der Waals surface area contributed by atoms with Crippen molar-refractivity contribution in [1.29, 1.82) is 5.26 Å². The van der Waals surface area contributed by atoms with Crippen molar-refractivity contribution in [2.75, 3.05) is 18.8 Å². The van der Waals surface area contributed by atoms with Crippen molar-refractivity contribution in [3.05, 3.63) is 58.6 Å². The molecule has 4 rings (SSSR count). The van der Waals surface area contributed by atoms with Gasteiger partial charge in [0, 0.05) is 13.1 Å². The summed E-state index contributed by atoms with van der Waals surface area (Å²) in [5, 5.41) is 9.21. The first-order chi connectivity index (χ1) is 13.9. The number of benzene rings is 2. The van der Waals surface area contributed by atoms with Crippen molar-refractivity contribution in [2.24, 2.45) is 5.92 Å². The van der Waals surface area contributed by atoms with Crippen LogP contribution in [0.4, 0.5) is 0 Å². The molecule has 0 unspecified atom stereocenters. The van der Waals surface area contributed by atoms with E-state index >= 15 is 0 Å². The average molecular weight is 431 g/mol. The van der Waals surface area contributed by atoms with E-state index in [2.05, 4.69) is 17.0 Å². The lowest BCUT2D eigenvalue weighted by Gasteiger charge is -2.17. The standard InChI is InChI=1S/C22H23ClN2O3S/c23-21-8-3-17(12-24)11-22(21)29(26,27)15-18-9-10-25(14-18)13-16-1-4-19(5-2-16)28-20-6-7-20/h1-5,8,11,18,20H,6-7,9-10,13-15H2/t18-/m1/s1. The summed E-state index contributed by atoms with van der Waals surface area (Å²) in [6.45, 7) is 2.40. The van der Waals surface area contributed by atoms with Crippen molar-refractivity contribution in [2.45, 2.75) is 36.8 Å². The molecule has 1 saturated heterocycles. The molecule has 1 aliphatic carbocycles. The largest absolute Gasteiger partial charge is 0.490 e. The van der Waals surface area contributed by atoms with E-state index in [0.29, 0.717) is 11.7 Å². The monoisotopic (exact) mass is 430 g/mol. The summed E-state index contributed by atoms with van der Waals surface area (Å²) >= 11 is 6.10. The number of nitrogens with zero attached hydrogens (tertiary/aromatic N) is 2. The molecular weight excluding hydrogens is 408 g/mol. The molecule has 152 valence electrons. The molecular formula is C22H23ClN2O3S. The van der Waals surface area contributed by atoms with E-state index in [9.17, 15) is 8.42 Å². The number of rotatable bonds is 7. The minimum absolute atomic E-state index is 0.0479. The molecule has 2 aromatic rings. The zero-order valence-electron chi connectivity index (χ0n) is 16.1. The molecule has 1 atom stereocenters. The second kappa shape index (κ2) is 8.35. The highest BCUT2D eigenvalue weighted by Crippen LogP contribution is 2.29. The summed E-state index contributed by atoms with van der Waals surface area (Å²) in [7, 11) is -3.54. The van der Waals surface area contributed by atoms with Crippen molar-refractivity contribution < 1.29 is 13.2 Å². The maximum atomic E-state index is 12.8. The Labute approximate surface area is 176 Å². The van der Waals surface area contributed by atoms with Gasteiger partial charge in [-0.2, -0.15) is 5.26 Å². The molecule has 2 aromatic carbocycles. The zero-order chi connectivity index (χ0) is 20.4. The summed E-state index contributed by atoms with van der Waals surface area (Å²) in [5.41, 5.74) is 1.50. The van der Waals surface area contributed by atoms with Gasteiger partial charge >= 0.3 is 0 Å². The van der Waals surface area contributed by atoms with E-state index in [4.69, 9.17) is 21.6 Å². The third kappa shape index (κ3) is 5.11. The third-order valence-electron chi connectivity index (χ3n) is 5.38. The van der Waals surface area contributed by atoms with Crippen LogP contribution in [0.5, 0.6) is 5.75 Å². The molecule has 2 fully saturated rings. The van der Waals surface area contributed by atoms with Crippen LogP contribution in [0.1, 0.15) is 30.4 Å². The van der Waals surface area contributed by atoms with Gasteiger partial charge in [0.05, 0.1) is 33.4 Å². The van der Waals surface area contributed by atoms with Crippen LogP contribution in [-0.2, 0) is 16.4 Å². The molecule has 1 heterocycles. The van der Waals surface area contributed by atoms with E-state index in [1.807, 2.05) is 18.2 Å². The van der Waals surface area contributed by atoms with Crippen LogP contribution < -0.4 is 4.74 Å². The average Bonchev–Trinajstić information content (AvgIpc) is 3.41. The van der Waals surface area contributed by atoms with Crippen molar-refractivity contribution in [3.8, 4) is 11.8 Å². The number of halogens is 1. The van der Waals surface area contributed by atoms with Gasteiger partial charge in [-0.25, -0.2) is 8.42 Å². The lowest BCUT2D eigenvalue weighted by molar-refractivity contribution is 0.302. The van der Waals surface area contributed by atoms with Crippen molar-refractivity contribution >= 4 is 21.4 Å². The summed E-state index contributed by atoms with van der Waals surface area (Å²) in [6, 6.07) is 14.5. The molecule has 2 aliphatic rings. The number of hydrogen-bond donors (Lipinski definition) is 0. The summed E-state index contributed by atoms with van der Waals surface area (Å²) < 4.78 is 31.5. The molecule has 0 radical (unpaired) electrons. The van der Waals surface area contributed by atoms with Crippen LogP contribution in [0, 0.1) is 17.2 Å². The number of ether oxygens (including phenoxy) is 1. The quantitative estimate of drug-likeness (QED) is 0.662. The maximum absolute atomic E-state index is 12.8. The van der Waals surface area contributed by atoms with Gasteiger partial charge in [-0.05, 0) is 67.6 Å². The van der Waals surface area contributed by atoms with Crippen LogP contribution >= 0.6 is 11.6 Å². The molecule has 1 saturated carbocycles. The zero-order valence-corrected chi connectivity index (χ0v) is 17.6. The van der Waals surface area contributed by atoms with Gasteiger partial charge in [0.2, 0.25) is 0 Å². The lowest BCUT2D eigenvalue weighted by Crippen LogP contribution is -2.23. The van der Waals surface area contributed by atoms with Gasteiger partial charge in [0.15, 0.2) is 9.84 Å². The summed E-state index contributed by atoms with van der Waals surface area (Å²) in [6.07, 6.45) is 3.51. The first-order valence-electron chi connectivity index (χ1n) is 9.83. The van der Waals surface area contributed by atoms with Gasteiger partial charge in [-0.3, -0.25) is 4.90 Å². The number of likely N-dealkylation sites (tertiary alicyclic amines) is 1. The Hall–Kier alpha value is -2.07. The molecule has 0 aromatic heterocycles. The minimum atomic E-state index is -3.54. The fourth-order valence-electron chi connectivity index (χ4n) is 3.71. The van der Waals surface area contributed by atoms with E-state index in [1.165, 1.54) is 23.8 Å². The Morgan fingerprint density at radius 1 is 1.14 bits per heavy atom. The number of nitriles is 1. The highest BCUT2D eigenvalue weighted by atomic mass is 35.5. The van der Waals surface area contributed by atoms with Crippen LogP contribution in [-0.4, -0.2) is 38.3 Å². The second-order valence-electron chi connectivity index (χ2n) is 7.89. The van der Waals surface area contributed by atoms with E-state index < -0.39 is 9.84 Å². The van der Waals surface area contributed by atoms with Gasteiger partial charge < -0.3 is 4.74 Å². The van der Waals surface area contributed by atoms with Crippen LogP contribution in [0.2, 0.25) is 5.02 Å². The molecule has 0 N–H and O–H groups in total. The second-order valence-corrected chi connectivity index (χ2v) is 10.3. The summed E-state index contributed by atoms with van der Waals surface area (Å²) in [4.78, 5) is 2.34. The molecule has 1 aliphatic heterocycles. The van der Waals surface area contributed by atoms with Crippen molar-refractivity contribution in [1.82, 2.24) is 4.90 Å². The highest BCUT2D eigenvalue weighted by molar-refractivity contribution is 7.91. The van der Waals surface area contributed by atoms with Crippen LogP contribution in [0.3, 0.4) is 0 Å². The van der Waals surface area contributed by atoms with E-state index in [0.717, 1.165) is 44.6 Å². The topological polar surface area (TPSA) is 70.4 Å². The fraction of sp³-hybridized carbons (Fsp3) is 0.409. The van der Waals surface area contributed by atoms with Crippen LogP contribution in [0.15, 0.2) is 47.4 Å². The Bertz CT molecular complexity index is 1030. The van der Waals surface area contributed by atoms with Gasteiger partial charge in [-0.1, -0.05) is 23.7 Å². The van der Waals surface area contributed by atoms with E-state index in [1.54, 1.807) is 0 Å². The van der Waals surface area contributed by atoms with E-state index in [-0.39, 0.29) is 21.6 Å². The Morgan fingerprint density at radius 2 is 1.90 bits per heavy atom. The van der Waals surface area contributed by atoms with Gasteiger partial charge in [0.1, 0.15) is 5.75 Å². The molecule has 0 amide bonds. The molecule has 0 spiro atoms. The first kappa shape index (κ1) is 20.2. The Kier molecular flexibility index (Phi) is 5.82. The third-order valence-corrected chi connectivity index (χ3v) is 7.74. The fourth-order valence-corrected chi connectivity index (χ4v) is 5.93. The minimum Gasteiger partial charge on any atom is -0.490 e. The Morgan fingerprint density at radius 3 is 2.59 bits per heavy atom. The molecule has 7 heteroatoms. The smallest absolute Gasteiger partial charge is 0.180 e. The molecule has 5 nitrogen and oxygen atoms in total. The lowest BCUT2D eigenvalue weighted by atomic mass is 10.1. The van der Waals surface area contributed by atoms with Gasteiger partial charge in [0.25, 0.3) is 0 Å². The molecule has 29 heavy (non-hydrogen) atoms. The van der Waals surface area contributed by atoms with Crippen molar-refractivity contribution in [3.63, 3.8) is 0 Å². The van der Waals surface area contributed by atoms with Gasteiger partial charge in [-0.15, -0.1) is 0 Å². The number of hydrogen-bond acceptors (Lipinski definition) is 5.